The molecule has 0 radical (unpaired) electrons. The molecule has 5 nitrogen and oxygen atoms in total. The minimum Gasteiger partial charge on any atom is -0.489 e. The van der Waals surface area contributed by atoms with Crippen LogP contribution >= 0.6 is 0 Å². The van der Waals surface area contributed by atoms with E-state index in [9.17, 15) is 5.26 Å². The Hall–Kier alpha value is -1.55. The van der Waals surface area contributed by atoms with Crippen LogP contribution in [0.2, 0.25) is 0 Å². The van der Waals surface area contributed by atoms with Crippen molar-refractivity contribution in [3.8, 4) is 11.8 Å². The van der Waals surface area contributed by atoms with E-state index in [0.717, 1.165) is 31.4 Å². The van der Waals surface area contributed by atoms with Gasteiger partial charge in [-0.15, -0.1) is 0 Å². The zero-order valence-corrected chi connectivity index (χ0v) is 14.9. The molecule has 2 aliphatic rings. The number of benzene rings is 1. The lowest BCUT2D eigenvalue weighted by Gasteiger charge is -2.32. The monoisotopic (exact) mass is 328 g/mol. The van der Waals surface area contributed by atoms with Gasteiger partial charge in [0.15, 0.2) is 0 Å². The van der Waals surface area contributed by atoms with Gasteiger partial charge in [-0.3, -0.25) is 0 Å². The van der Waals surface area contributed by atoms with Gasteiger partial charge in [0.2, 0.25) is 0 Å². The minimum absolute atomic E-state index is 0.168. The summed E-state index contributed by atoms with van der Waals surface area (Å²) in [5.41, 5.74) is 0.590. The van der Waals surface area contributed by atoms with Gasteiger partial charge >= 0.3 is 7.12 Å². The summed E-state index contributed by atoms with van der Waals surface area (Å²) >= 11 is 0. The molecule has 3 rings (SSSR count). The van der Waals surface area contributed by atoms with Gasteiger partial charge in [0.25, 0.3) is 0 Å². The highest BCUT2D eigenvalue weighted by atomic mass is 16.7. The summed E-state index contributed by atoms with van der Waals surface area (Å²) < 4.78 is 18.2. The Morgan fingerprint density at radius 2 is 1.79 bits per heavy atom. The average Bonchev–Trinajstić information content (AvgIpc) is 2.77. The number of hydrogen-bond acceptors (Lipinski definition) is 5. The van der Waals surface area contributed by atoms with Gasteiger partial charge in [-0.25, -0.2) is 0 Å². The van der Waals surface area contributed by atoms with Crippen LogP contribution in [0.4, 0.5) is 0 Å². The third kappa shape index (κ3) is 3.30. The summed E-state index contributed by atoms with van der Waals surface area (Å²) in [6.07, 6.45) is 2.09. The SMILES string of the molecule is CC1(C)OB(c2ccc(OC3CCNCC3)c(C#N)c2)OC1(C)C. The Bertz CT molecular complexity index is 632. The number of nitrogens with one attached hydrogen (secondary N) is 1. The van der Waals surface area contributed by atoms with Gasteiger partial charge in [-0.05, 0) is 71.2 Å². The van der Waals surface area contributed by atoms with Gasteiger partial charge in [-0.1, -0.05) is 6.07 Å². The van der Waals surface area contributed by atoms with Crippen LogP contribution in [0.3, 0.4) is 0 Å². The van der Waals surface area contributed by atoms with Crippen LogP contribution in [0.25, 0.3) is 0 Å². The summed E-state index contributed by atoms with van der Waals surface area (Å²) in [6, 6.07) is 7.85. The van der Waals surface area contributed by atoms with Crippen molar-refractivity contribution in [1.82, 2.24) is 5.32 Å². The van der Waals surface area contributed by atoms with Crippen molar-refractivity contribution in [2.24, 2.45) is 0 Å². The lowest BCUT2D eigenvalue weighted by Crippen LogP contribution is -2.41. The number of hydrogen-bond donors (Lipinski definition) is 1. The van der Waals surface area contributed by atoms with E-state index in [1.165, 1.54) is 0 Å². The van der Waals surface area contributed by atoms with E-state index >= 15 is 0 Å². The average molecular weight is 328 g/mol. The van der Waals surface area contributed by atoms with E-state index in [4.69, 9.17) is 14.0 Å². The summed E-state index contributed by atoms with van der Waals surface area (Å²) in [5, 5.41) is 12.8. The summed E-state index contributed by atoms with van der Waals surface area (Å²) in [5.74, 6) is 0.643. The second kappa shape index (κ2) is 6.40. The maximum absolute atomic E-state index is 9.50. The normalized spacial score (nSPS) is 23.0. The molecule has 0 spiro atoms. The van der Waals surface area contributed by atoms with E-state index in [2.05, 4.69) is 11.4 Å². The number of ether oxygens (including phenoxy) is 1. The molecule has 2 heterocycles. The number of nitriles is 1. The molecule has 1 aromatic carbocycles. The number of nitrogens with zero attached hydrogens (tertiary/aromatic N) is 1. The lowest BCUT2D eigenvalue weighted by molar-refractivity contribution is 0.00578. The second-order valence-electron chi connectivity index (χ2n) is 7.52. The molecule has 0 aromatic heterocycles. The van der Waals surface area contributed by atoms with E-state index < -0.39 is 18.3 Å². The molecule has 1 N–H and O–H groups in total. The number of rotatable bonds is 3. The first-order chi connectivity index (χ1) is 11.3. The van der Waals surface area contributed by atoms with Crippen molar-refractivity contribution in [3.63, 3.8) is 0 Å². The Morgan fingerprint density at radius 3 is 2.38 bits per heavy atom. The Balaban J connectivity index is 1.78. The number of piperidine rings is 1. The largest absolute Gasteiger partial charge is 0.494 e. The summed E-state index contributed by atoms with van der Waals surface area (Å²) in [7, 11) is -0.463. The molecular formula is C18H25BN2O3. The van der Waals surface area contributed by atoms with Crippen molar-refractivity contribution < 1.29 is 14.0 Å². The van der Waals surface area contributed by atoms with Gasteiger partial charge in [0.05, 0.1) is 16.8 Å². The summed E-state index contributed by atoms with van der Waals surface area (Å²) in [6.45, 7) is 10.00. The van der Waals surface area contributed by atoms with Gasteiger partial charge in [0, 0.05) is 0 Å². The first-order valence-corrected chi connectivity index (χ1v) is 8.59. The van der Waals surface area contributed by atoms with Crippen LogP contribution in [-0.2, 0) is 9.31 Å². The first-order valence-electron chi connectivity index (χ1n) is 8.59. The molecule has 0 bridgehead atoms. The molecule has 2 saturated heterocycles. The molecule has 0 saturated carbocycles. The van der Waals surface area contributed by atoms with Crippen LogP contribution in [-0.4, -0.2) is 37.5 Å². The van der Waals surface area contributed by atoms with E-state index in [-0.39, 0.29) is 6.10 Å². The van der Waals surface area contributed by atoms with Crippen molar-refractivity contribution >= 4 is 12.6 Å². The maximum Gasteiger partial charge on any atom is 0.494 e. The molecule has 128 valence electrons. The summed E-state index contributed by atoms with van der Waals surface area (Å²) in [4.78, 5) is 0. The fourth-order valence-corrected chi connectivity index (χ4v) is 2.96. The zero-order valence-electron chi connectivity index (χ0n) is 14.9. The molecule has 0 atom stereocenters. The highest BCUT2D eigenvalue weighted by Crippen LogP contribution is 2.36. The van der Waals surface area contributed by atoms with E-state index in [0.29, 0.717) is 11.3 Å². The smallest absolute Gasteiger partial charge is 0.489 e. The molecular weight excluding hydrogens is 303 g/mol. The van der Waals surface area contributed by atoms with Crippen molar-refractivity contribution in [2.75, 3.05) is 13.1 Å². The molecule has 0 aliphatic carbocycles. The van der Waals surface area contributed by atoms with Crippen LogP contribution in [0.1, 0.15) is 46.1 Å². The Labute approximate surface area is 144 Å². The molecule has 0 unspecified atom stereocenters. The van der Waals surface area contributed by atoms with Crippen LogP contribution in [0.15, 0.2) is 18.2 Å². The molecule has 24 heavy (non-hydrogen) atoms. The topological polar surface area (TPSA) is 63.5 Å². The quantitative estimate of drug-likeness (QED) is 0.860. The third-order valence-corrected chi connectivity index (χ3v) is 5.23. The van der Waals surface area contributed by atoms with Crippen molar-refractivity contribution in [3.05, 3.63) is 23.8 Å². The highest BCUT2D eigenvalue weighted by molar-refractivity contribution is 6.62. The van der Waals surface area contributed by atoms with Gasteiger partial charge < -0.3 is 19.4 Å². The van der Waals surface area contributed by atoms with Crippen LogP contribution < -0.4 is 15.5 Å². The van der Waals surface area contributed by atoms with E-state index in [1.807, 2.05) is 45.9 Å². The Kier molecular flexibility index (Phi) is 4.61. The fourth-order valence-electron chi connectivity index (χ4n) is 2.96. The van der Waals surface area contributed by atoms with E-state index in [1.54, 1.807) is 0 Å². The molecule has 1 aromatic rings. The predicted molar refractivity (Wildman–Crippen MR) is 93.4 cm³/mol. The van der Waals surface area contributed by atoms with Crippen LogP contribution in [0, 0.1) is 11.3 Å². The Morgan fingerprint density at radius 1 is 1.17 bits per heavy atom. The lowest BCUT2D eigenvalue weighted by atomic mass is 9.78. The molecule has 6 heteroatoms. The highest BCUT2D eigenvalue weighted by Gasteiger charge is 2.51. The minimum atomic E-state index is -0.463. The second-order valence-corrected chi connectivity index (χ2v) is 7.52. The van der Waals surface area contributed by atoms with Gasteiger partial charge in [-0.2, -0.15) is 5.26 Å². The maximum atomic E-state index is 9.50. The zero-order chi connectivity index (χ0) is 17.4. The van der Waals surface area contributed by atoms with Crippen molar-refractivity contribution in [1.29, 1.82) is 5.26 Å². The van der Waals surface area contributed by atoms with Crippen molar-refractivity contribution in [2.45, 2.75) is 57.8 Å². The first kappa shape index (κ1) is 17.3. The molecule has 2 fully saturated rings. The molecule has 0 amide bonds. The predicted octanol–water partition coefficient (Wildman–Crippen LogP) is 1.99. The standard InChI is InChI=1S/C18H25BN2O3/c1-17(2)18(3,4)24-19(23-17)14-5-6-16(13(11-14)12-20)22-15-7-9-21-10-8-15/h5-6,11,15,21H,7-10H2,1-4H3. The van der Waals surface area contributed by atoms with Crippen LogP contribution in [0.5, 0.6) is 5.75 Å². The fraction of sp³-hybridized carbons (Fsp3) is 0.611. The third-order valence-electron chi connectivity index (χ3n) is 5.23. The van der Waals surface area contributed by atoms with Gasteiger partial charge in [0.1, 0.15) is 17.9 Å². The molecule has 2 aliphatic heterocycles.